The molecule has 2 saturated heterocycles. The van der Waals surface area contributed by atoms with Gasteiger partial charge in [0, 0.05) is 45.2 Å². The zero-order valence-electron chi connectivity index (χ0n) is 18.4. The fourth-order valence-corrected chi connectivity index (χ4v) is 4.33. The van der Waals surface area contributed by atoms with Crippen LogP contribution in [0.5, 0.6) is 5.75 Å². The van der Waals surface area contributed by atoms with E-state index in [0.29, 0.717) is 18.7 Å². The number of nitrogens with two attached hydrogens (primary N) is 1. The maximum absolute atomic E-state index is 13.8. The van der Waals surface area contributed by atoms with Gasteiger partial charge in [0.05, 0.1) is 23.6 Å². The van der Waals surface area contributed by atoms with Gasteiger partial charge in [0.25, 0.3) is 0 Å². The molecule has 2 atom stereocenters. The molecule has 1 aromatic carbocycles. The Labute approximate surface area is 178 Å². The number of carbonyl (C=O) groups excluding carboxylic acids is 2. The van der Waals surface area contributed by atoms with Crippen LogP contribution in [0.1, 0.15) is 34.1 Å². The number of piperazine rings is 1. The van der Waals surface area contributed by atoms with E-state index in [4.69, 9.17) is 10.6 Å². The average molecular weight is 422 g/mol. The molecule has 30 heavy (non-hydrogen) atoms. The number of likely N-dealkylation sites (tertiary alicyclic amines) is 1. The van der Waals surface area contributed by atoms with E-state index >= 15 is 0 Å². The lowest BCUT2D eigenvalue weighted by molar-refractivity contribution is -0.787. The Morgan fingerprint density at radius 2 is 1.73 bits per heavy atom. The molecule has 0 radical (unpaired) electrons. The van der Waals surface area contributed by atoms with Gasteiger partial charge in [-0.25, -0.2) is 14.0 Å². The Morgan fingerprint density at radius 1 is 1.13 bits per heavy atom. The summed E-state index contributed by atoms with van der Waals surface area (Å²) in [6.45, 7) is 11.7. The first-order valence-corrected chi connectivity index (χ1v) is 10.8. The first-order chi connectivity index (χ1) is 14.1. The fourth-order valence-electron chi connectivity index (χ4n) is 4.33. The maximum Gasteiger partial charge on any atom is 0.343 e. The van der Waals surface area contributed by atoms with Gasteiger partial charge in [-0.1, -0.05) is 0 Å². The highest BCUT2D eigenvalue weighted by molar-refractivity contribution is 5.94. The van der Waals surface area contributed by atoms with Gasteiger partial charge >= 0.3 is 11.8 Å². The highest BCUT2D eigenvalue weighted by Gasteiger charge is 2.56. The van der Waals surface area contributed by atoms with Crippen LogP contribution in [-0.4, -0.2) is 66.7 Å². The summed E-state index contributed by atoms with van der Waals surface area (Å²) in [5, 5.41) is 0. The minimum Gasteiger partial charge on any atom is -0.489 e. The molecule has 2 aliphatic heterocycles. The molecule has 2 amide bonds. The van der Waals surface area contributed by atoms with Crippen molar-refractivity contribution in [1.29, 1.82) is 0 Å². The maximum atomic E-state index is 13.8. The predicted octanol–water partition coefficient (Wildman–Crippen LogP) is 2.15. The molecular weight excluding hydrogens is 387 g/mol. The Balaban J connectivity index is 1.53. The van der Waals surface area contributed by atoms with Gasteiger partial charge in [0.15, 0.2) is 0 Å². The molecule has 0 aromatic heterocycles. The summed E-state index contributed by atoms with van der Waals surface area (Å²) in [5.74, 6) is 5.60. The summed E-state index contributed by atoms with van der Waals surface area (Å²) in [6, 6.07) is 4.64. The quantitative estimate of drug-likeness (QED) is 0.315. The molecule has 2 unspecified atom stereocenters. The number of hydrogen-bond donors (Lipinski definition) is 1. The number of rotatable bonds is 7. The van der Waals surface area contributed by atoms with Crippen molar-refractivity contribution >= 4 is 17.5 Å². The van der Waals surface area contributed by atoms with Crippen molar-refractivity contribution in [3.05, 3.63) is 24.0 Å². The topological polar surface area (TPSA) is 75.9 Å². The predicted molar refractivity (Wildman–Crippen MR) is 113 cm³/mol. The highest BCUT2D eigenvalue weighted by Crippen LogP contribution is 2.31. The summed E-state index contributed by atoms with van der Waals surface area (Å²) < 4.78 is 19.1. The summed E-state index contributed by atoms with van der Waals surface area (Å²) in [6.07, 6.45) is 0.693. The molecule has 0 bridgehead atoms. The van der Waals surface area contributed by atoms with Crippen LogP contribution in [0.2, 0.25) is 0 Å². The van der Waals surface area contributed by atoms with Crippen LogP contribution in [-0.2, 0) is 9.59 Å². The number of carbonyl (C=O) groups is 2. The van der Waals surface area contributed by atoms with Gasteiger partial charge in [-0.15, -0.1) is 4.59 Å². The molecule has 166 valence electrons. The Bertz CT molecular complexity index is 773. The molecular formula is C22H34FN4O3+. The number of amides is 2. The van der Waals surface area contributed by atoms with Crippen molar-refractivity contribution < 1.29 is 23.3 Å². The van der Waals surface area contributed by atoms with Crippen molar-refractivity contribution in [2.75, 3.05) is 44.2 Å². The normalized spacial score (nSPS) is 27.9. The van der Waals surface area contributed by atoms with Crippen LogP contribution >= 0.6 is 0 Å². The second-order valence-corrected chi connectivity index (χ2v) is 8.81. The Hall–Kier alpha value is -2.03. The van der Waals surface area contributed by atoms with E-state index < -0.39 is 4.59 Å². The summed E-state index contributed by atoms with van der Waals surface area (Å²) in [7, 11) is 0. The molecule has 3 rings (SSSR count). The molecule has 2 aliphatic rings. The SMILES string of the molecule is CC(C)Oc1ccc(F)cc1N1CCN(CCC[N+]2(N)C(=O)C(C)C(C)C2=O)CC1. The molecule has 1 aromatic rings. The first-order valence-electron chi connectivity index (χ1n) is 10.8. The second-order valence-electron chi connectivity index (χ2n) is 8.81. The van der Waals surface area contributed by atoms with Gasteiger partial charge in [0.2, 0.25) is 0 Å². The molecule has 0 aliphatic carbocycles. The molecule has 2 fully saturated rings. The number of quaternary nitrogens is 1. The van der Waals surface area contributed by atoms with Gasteiger partial charge in [-0.05, 0) is 39.8 Å². The monoisotopic (exact) mass is 421 g/mol. The van der Waals surface area contributed by atoms with E-state index in [1.54, 1.807) is 19.9 Å². The Kier molecular flexibility index (Phi) is 6.79. The van der Waals surface area contributed by atoms with Gasteiger partial charge < -0.3 is 9.64 Å². The smallest absolute Gasteiger partial charge is 0.343 e. The molecule has 7 nitrogen and oxygen atoms in total. The fraction of sp³-hybridized carbons (Fsp3) is 0.636. The van der Waals surface area contributed by atoms with E-state index in [0.717, 1.165) is 38.4 Å². The van der Waals surface area contributed by atoms with Crippen LogP contribution < -0.4 is 15.5 Å². The number of imide groups is 1. The second kappa shape index (κ2) is 8.99. The van der Waals surface area contributed by atoms with Crippen LogP contribution in [0.15, 0.2) is 18.2 Å². The van der Waals surface area contributed by atoms with Gasteiger partial charge in [0.1, 0.15) is 18.1 Å². The zero-order chi connectivity index (χ0) is 22.1. The molecule has 0 spiro atoms. The summed E-state index contributed by atoms with van der Waals surface area (Å²) in [4.78, 5) is 29.3. The van der Waals surface area contributed by atoms with Crippen molar-refractivity contribution in [3.63, 3.8) is 0 Å². The number of halogens is 1. The van der Waals surface area contributed by atoms with Crippen molar-refractivity contribution in [1.82, 2.24) is 4.90 Å². The number of benzene rings is 1. The summed E-state index contributed by atoms with van der Waals surface area (Å²) in [5.41, 5.74) is 0.783. The minimum atomic E-state index is -0.568. The lowest BCUT2D eigenvalue weighted by Gasteiger charge is -2.37. The van der Waals surface area contributed by atoms with Crippen LogP contribution in [0.25, 0.3) is 0 Å². The van der Waals surface area contributed by atoms with Crippen LogP contribution in [0.3, 0.4) is 0 Å². The van der Waals surface area contributed by atoms with Crippen molar-refractivity contribution in [3.8, 4) is 5.75 Å². The lowest BCUT2D eigenvalue weighted by Crippen LogP contribution is -2.60. The van der Waals surface area contributed by atoms with E-state index in [1.165, 1.54) is 12.1 Å². The minimum absolute atomic E-state index is 0.0173. The largest absolute Gasteiger partial charge is 0.489 e. The van der Waals surface area contributed by atoms with E-state index in [9.17, 15) is 14.0 Å². The highest BCUT2D eigenvalue weighted by atomic mass is 19.1. The van der Waals surface area contributed by atoms with Crippen LogP contribution in [0.4, 0.5) is 10.1 Å². The number of ether oxygens (including phenoxy) is 1. The third-order valence-electron chi connectivity index (χ3n) is 6.30. The van der Waals surface area contributed by atoms with E-state index in [1.807, 2.05) is 13.8 Å². The van der Waals surface area contributed by atoms with E-state index in [2.05, 4.69) is 9.80 Å². The van der Waals surface area contributed by atoms with Crippen molar-refractivity contribution in [2.45, 2.75) is 40.2 Å². The van der Waals surface area contributed by atoms with Crippen LogP contribution in [0, 0.1) is 17.7 Å². The third kappa shape index (κ3) is 4.50. The number of anilines is 1. The van der Waals surface area contributed by atoms with E-state index in [-0.39, 0.29) is 35.6 Å². The molecule has 2 N–H and O–H groups in total. The van der Waals surface area contributed by atoms with Crippen molar-refractivity contribution in [2.24, 2.45) is 17.7 Å². The Morgan fingerprint density at radius 3 is 2.30 bits per heavy atom. The molecule has 8 heteroatoms. The molecule has 2 heterocycles. The first kappa shape index (κ1) is 22.7. The lowest BCUT2D eigenvalue weighted by atomic mass is 10.00. The average Bonchev–Trinajstić information content (AvgIpc) is 2.85. The number of nitrogens with zero attached hydrogens (tertiary/aromatic N) is 3. The number of hydrogen-bond acceptors (Lipinski definition) is 6. The van der Waals surface area contributed by atoms with Gasteiger partial charge in [-0.3, -0.25) is 4.90 Å². The van der Waals surface area contributed by atoms with Gasteiger partial charge in [-0.2, -0.15) is 5.84 Å². The molecule has 0 saturated carbocycles. The summed E-state index contributed by atoms with van der Waals surface area (Å²) >= 11 is 0. The standard InChI is InChI=1S/C22H34FN4O3/c1-15(2)30-20-7-6-18(23)14-19(20)26-11-9-25(10-12-26)8-5-13-27(24)21(28)16(3)17(4)22(27)29/h6-7,14-17H,5,8-13,24H2,1-4H3/q+1. The third-order valence-corrected chi connectivity index (χ3v) is 6.30. The zero-order valence-corrected chi connectivity index (χ0v) is 18.4.